The van der Waals surface area contributed by atoms with Crippen molar-refractivity contribution in [3.05, 3.63) is 48.8 Å². The van der Waals surface area contributed by atoms with Gasteiger partial charge in [-0.05, 0) is 36.4 Å². The van der Waals surface area contributed by atoms with Gasteiger partial charge in [0.15, 0.2) is 17.1 Å². The quantitative estimate of drug-likeness (QED) is 0.310. The molecular formula is C25H29N9O3. The van der Waals surface area contributed by atoms with Gasteiger partial charge in [-0.2, -0.15) is 14.6 Å². The molecule has 0 bridgehead atoms. The second kappa shape index (κ2) is 10.1. The minimum Gasteiger partial charge on any atom is -0.491 e. The summed E-state index contributed by atoms with van der Waals surface area (Å²) < 4.78 is 148. The van der Waals surface area contributed by atoms with Gasteiger partial charge in [-0.15, -0.1) is 5.10 Å². The average molecular weight is 520 g/mol. The number of furan rings is 1. The van der Waals surface area contributed by atoms with Crippen LogP contribution < -0.4 is 15.4 Å². The molecule has 2 N–H and O–H groups in total. The van der Waals surface area contributed by atoms with Crippen LogP contribution in [0.15, 0.2) is 53.3 Å². The number of aryl methyl sites for hydroxylation is 1. The Kier molecular flexibility index (Phi) is 3.13. The highest BCUT2D eigenvalue weighted by Gasteiger charge is 2.20. The third-order valence-corrected chi connectivity index (χ3v) is 5.21. The largest absolute Gasteiger partial charge is 0.491 e. The van der Waals surface area contributed by atoms with Gasteiger partial charge in [-0.1, -0.05) is 0 Å². The van der Waals surface area contributed by atoms with Crippen LogP contribution in [0, 0.1) is 0 Å². The van der Waals surface area contributed by atoms with Crippen molar-refractivity contribution in [3.63, 3.8) is 0 Å². The van der Waals surface area contributed by atoms with Crippen LogP contribution in [-0.2, 0) is 11.2 Å². The van der Waals surface area contributed by atoms with Crippen molar-refractivity contribution >= 4 is 28.3 Å². The monoisotopic (exact) mass is 519 g/mol. The fourth-order valence-electron chi connectivity index (χ4n) is 3.50. The van der Waals surface area contributed by atoms with E-state index in [0.717, 1.165) is 28.8 Å². The molecule has 0 atom stereocenters. The van der Waals surface area contributed by atoms with Crippen LogP contribution in [-0.4, -0.2) is 87.0 Å². The summed E-state index contributed by atoms with van der Waals surface area (Å²) in [6, 6.07) is 7.51. The van der Waals surface area contributed by atoms with E-state index in [0.29, 0.717) is 14.5 Å². The van der Waals surface area contributed by atoms with Crippen molar-refractivity contribution in [2.24, 2.45) is 0 Å². The van der Waals surface area contributed by atoms with E-state index >= 15 is 0 Å². The second-order valence-electron chi connectivity index (χ2n) is 7.47. The molecule has 1 saturated heterocycles. The fourth-order valence-corrected chi connectivity index (χ4v) is 3.50. The van der Waals surface area contributed by atoms with Crippen LogP contribution >= 0.6 is 0 Å². The summed E-state index contributed by atoms with van der Waals surface area (Å²) in [6.07, 6.45) is 0.822. The number of nitrogen functional groups attached to an aromatic ring is 1. The first kappa shape index (κ1) is 11.5. The molecule has 0 spiro atoms. The number of benzene rings is 1. The molecule has 5 heterocycles. The molecule has 4 aromatic heterocycles. The predicted octanol–water partition coefficient (Wildman–Crippen LogP) is 2.16. The number of methoxy groups -OCH3 is 1. The highest BCUT2D eigenvalue weighted by molar-refractivity contribution is 5.90. The van der Waals surface area contributed by atoms with Crippen LogP contribution in [0.2, 0.25) is 0 Å². The van der Waals surface area contributed by atoms with E-state index in [1.54, 1.807) is 12.1 Å². The van der Waals surface area contributed by atoms with Crippen LogP contribution in [0.1, 0.15) is 21.9 Å². The SMILES string of the molecule is [2H]c1nn(C([2H])([2H])C([2H])([2H])N2CC([2H])([2H])N(c3ccc(OC([2H])([2H])C([2H])([2H])OC([2H])([2H])[2H])cc3)C([2H])([2H])C2)c2nc(N)n3nc(-c4ccco4)nc3c12. The molecule has 12 nitrogen and oxygen atoms in total. The molecule has 192 valence electrons. The molecular weight excluding hydrogens is 474 g/mol. The van der Waals surface area contributed by atoms with Crippen molar-refractivity contribution in [2.45, 2.75) is 6.50 Å². The van der Waals surface area contributed by atoms with E-state index in [-0.39, 0.29) is 45.7 Å². The number of nitrogens with two attached hydrogens (primary N) is 1. The maximum Gasteiger partial charge on any atom is 0.225 e. The molecule has 1 fully saturated rings. The highest BCUT2D eigenvalue weighted by Crippen LogP contribution is 2.24. The van der Waals surface area contributed by atoms with Gasteiger partial charge in [0.2, 0.25) is 11.8 Å². The van der Waals surface area contributed by atoms with Crippen molar-refractivity contribution in [2.75, 3.05) is 63.4 Å². The first-order valence-corrected chi connectivity index (χ1v) is 10.7. The van der Waals surface area contributed by atoms with Gasteiger partial charge in [0.25, 0.3) is 0 Å². The molecule has 1 aliphatic rings. The third-order valence-electron chi connectivity index (χ3n) is 5.21. The summed E-state index contributed by atoms with van der Waals surface area (Å²) >= 11 is 0. The number of hydrogen-bond acceptors (Lipinski definition) is 10. The zero-order chi connectivity index (χ0) is 39.3. The summed E-state index contributed by atoms with van der Waals surface area (Å²) in [5.74, 6) is -0.345. The van der Waals surface area contributed by atoms with Gasteiger partial charge in [0, 0.05) is 48.0 Å². The summed E-state index contributed by atoms with van der Waals surface area (Å²) in [4.78, 5) is 9.76. The molecule has 37 heavy (non-hydrogen) atoms. The zero-order valence-corrected chi connectivity index (χ0v) is 18.8. The normalized spacial score (nSPS) is 25.7. The Balaban J connectivity index is 1.29. The Labute approximate surface area is 235 Å². The topological polar surface area (TPSA) is 125 Å². The van der Waals surface area contributed by atoms with Crippen molar-refractivity contribution in [1.29, 1.82) is 0 Å². The number of anilines is 2. The lowest BCUT2D eigenvalue weighted by atomic mass is 10.2. The molecule has 5 aromatic rings. The number of fused-ring (bicyclic) bond motifs is 3. The lowest BCUT2D eigenvalue weighted by molar-refractivity contribution is 0.146. The fraction of sp³-hybridized carbons (Fsp3) is 0.360. The van der Waals surface area contributed by atoms with E-state index in [4.69, 9.17) is 36.8 Å². The van der Waals surface area contributed by atoms with Crippen molar-refractivity contribution in [1.82, 2.24) is 34.3 Å². The lowest BCUT2D eigenvalue weighted by Crippen LogP contribution is -2.47. The summed E-state index contributed by atoms with van der Waals surface area (Å²) in [6.45, 7) is -20.5. The molecule has 0 saturated carbocycles. The Morgan fingerprint density at radius 2 is 2.00 bits per heavy atom. The second-order valence-corrected chi connectivity index (χ2v) is 7.47. The van der Waals surface area contributed by atoms with E-state index in [1.165, 1.54) is 6.26 Å². The van der Waals surface area contributed by atoms with Crippen LogP contribution in [0.4, 0.5) is 11.6 Å². The Hall–Kier alpha value is -4.16. The maximum atomic E-state index is 8.92. The number of aromatic nitrogens is 6. The minimum atomic E-state index is -3.44. The van der Waals surface area contributed by atoms with Crippen molar-refractivity contribution < 1.29 is 35.8 Å². The molecule has 1 aromatic carbocycles. The maximum absolute atomic E-state index is 8.92. The molecule has 0 unspecified atom stereocenters. The molecule has 6 rings (SSSR count). The van der Waals surface area contributed by atoms with E-state index in [9.17, 15) is 0 Å². The highest BCUT2D eigenvalue weighted by atomic mass is 16.5. The molecule has 0 amide bonds. The Bertz CT molecular complexity index is 2130. The van der Waals surface area contributed by atoms with Crippen LogP contribution in [0.3, 0.4) is 0 Å². The van der Waals surface area contributed by atoms with Crippen LogP contribution in [0.25, 0.3) is 28.3 Å². The van der Waals surface area contributed by atoms with Gasteiger partial charge in [0.1, 0.15) is 12.3 Å². The average Bonchev–Trinajstić information content (AvgIpc) is 3.75. The van der Waals surface area contributed by atoms with Gasteiger partial charge >= 0.3 is 0 Å². The standard InChI is InChI=1S/C25H29N9O3/c1-35-15-16-36-19-6-4-18(5-7-19)32-11-8-31(9-12-32)10-13-33-23-20(17-27-33)24-28-22(21-3-2-14-37-21)30-34(24)25(26)29-23/h2-7,14,17H,8-13,15-16H2,1H3,(H2,26,29)/i1D3,10D2,11D2,12D2,13D2,15D2,16D2,17D. The minimum absolute atomic E-state index is 0.0528. The molecule has 0 radical (unpaired) electrons. The number of hydrogen-bond donors (Lipinski definition) is 1. The number of ether oxygens (including phenoxy) is 2. The summed E-state index contributed by atoms with van der Waals surface area (Å²) in [5, 5.41) is 8.00. The molecule has 0 aliphatic carbocycles. The number of piperazine rings is 1. The van der Waals surface area contributed by atoms with E-state index in [2.05, 4.69) is 24.9 Å². The Morgan fingerprint density at radius 1 is 1.14 bits per heavy atom. The number of rotatable bonds is 9. The Morgan fingerprint density at radius 3 is 2.78 bits per heavy atom. The van der Waals surface area contributed by atoms with Gasteiger partial charge in [0.05, 0.1) is 50.1 Å². The van der Waals surface area contributed by atoms with Crippen LogP contribution in [0.5, 0.6) is 5.75 Å². The smallest absolute Gasteiger partial charge is 0.225 e. The van der Waals surface area contributed by atoms with Gasteiger partial charge < -0.3 is 24.5 Å². The molecule has 1 aliphatic heterocycles. The van der Waals surface area contributed by atoms with E-state index < -0.39 is 65.4 Å². The van der Waals surface area contributed by atoms with Crippen molar-refractivity contribution in [3.8, 4) is 17.3 Å². The number of nitrogens with zero attached hydrogens (tertiary/aromatic N) is 8. The summed E-state index contributed by atoms with van der Waals surface area (Å²) in [5.41, 5.74) is 5.52. The van der Waals surface area contributed by atoms with E-state index in [1.807, 2.05) is 0 Å². The summed E-state index contributed by atoms with van der Waals surface area (Å²) in [7, 11) is -3.29. The lowest BCUT2D eigenvalue weighted by Gasteiger charge is -2.36. The van der Waals surface area contributed by atoms with Gasteiger partial charge in [-0.25, -0.2) is 9.67 Å². The first-order chi connectivity index (χ1) is 24.2. The van der Waals surface area contributed by atoms with Gasteiger partial charge in [-0.3, -0.25) is 4.90 Å². The zero-order valence-electron chi connectivity index (χ0n) is 34.8. The molecule has 12 heteroatoms. The predicted molar refractivity (Wildman–Crippen MR) is 139 cm³/mol. The third kappa shape index (κ3) is 4.68. The first-order valence-electron chi connectivity index (χ1n) is 18.7.